The van der Waals surface area contributed by atoms with E-state index >= 15 is 0 Å². The lowest BCUT2D eigenvalue weighted by Gasteiger charge is -2.55. The Labute approximate surface area is 86.2 Å². The van der Waals surface area contributed by atoms with Gasteiger partial charge in [0.2, 0.25) is 0 Å². The Morgan fingerprint density at radius 2 is 2.00 bits per heavy atom. The molecule has 0 saturated carbocycles. The molecule has 0 aliphatic carbocycles. The first-order valence-electron chi connectivity index (χ1n) is 5.46. The summed E-state index contributed by atoms with van der Waals surface area (Å²) in [6.07, 6.45) is 0.324. The topological polar surface area (TPSA) is 30.5 Å². The summed E-state index contributed by atoms with van der Waals surface area (Å²) < 4.78 is 11.3. The van der Waals surface area contributed by atoms with Crippen LogP contribution in [-0.2, 0) is 9.47 Å². The van der Waals surface area contributed by atoms with E-state index < -0.39 is 0 Å². The molecule has 2 aliphatic rings. The van der Waals surface area contributed by atoms with Gasteiger partial charge in [-0.3, -0.25) is 0 Å². The molecular weight excluding hydrogens is 178 g/mol. The number of hydrogen-bond donors (Lipinski definition) is 1. The van der Waals surface area contributed by atoms with Gasteiger partial charge in [-0.05, 0) is 5.41 Å². The van der Waals surface area contributed by atoms with E-state index in [1.54, 1.807) is 0 Å². The minimum Gasteiger partial charge on any atom is -0.380 e. The molecule has 0 spiro atoms. The van der Waals surface area contributed by atoms with Crippen LogP contribution in [-0.4, -0.2) is 39.0 Å². The molecule has 1 N–H and O–H groups in total. The summed E-state index contributed by atoms with van der Waals surface area (Å²) in [5.41, 5.74) is 0.482. The second-order valence-electron chi connectivity index (χ2n) is 5.46. The maximum Gasteiger partial charge on any atom is 0.0805 e. The fourth-order valence-electron chi connectivity index (χ4n) is 2.34. The second-order valence-corrected chi connectivity index (χ2v) is 5.46. The Hall–Kier alpha value is -0.120. The van der Waals surface area contributed by atoms with Gasteiger partial charge in [0.15, 0.2) is 0 Å². The Morgan fingerprint density at radius 3 is 2.36 bits per heavy atom. The van der Waals surface area contributed by atoms with E-state index in [4.69, 9.17) is 9.47 Å². The number of nitrogens with one attached hydrogen (secondary N) is 1. The van der Waals surface area contributed by atoms with E-state index in [1.165, 1.54) is 0 Å². The Bertz CT molecular complexity index is 200. The highest BCUT2D eigenvalue weighted by Gasteiger charge is 2.54. The third-order valence-electron chi connectivity index (χ3n) is 3.76. The predicted molar refractivity (Wildman–Crippen MR) is 55.3 cm³/mol. The zero-order valence-corrected chi connectivity index (χ0v) is 9.43. The van der Waals surface area contributed by atoms with Crippen molar-refractivity contribution in [2.45, 2.75) is 26.9 Å². The van der Waals surface area contributed by atoms with Gasteiger partial charge < -0.3 is 14.8 Å². The summed E-state index contributed by atoms with van der Waals surface area (Å²) in [7, 11) is 0. The third-order valence-corrected chi connectivity index (χ3v) is 3.76. The molecule has 2 heterocycles. The highest BCUT2D eigenvalue weighted by atomic mass is 16.5. The zero-order chi connectivity index (χ0) is 10.2. The van der Waals surface area contributed by atoms with Crippen LogP contribution in [0.1, 0.15) is 20.8 Å². The molecular formula is C11H21NO2. The molecule has 0 amide bonds. The van der Waals surface area contributed by atoms with E-state index in [-0.39, 0.29) is 10.8 Å². The summed E-state index contributed by atoms with van der Waals surface area (Å²) in [4.78, 5) is 0. The summed E-state index contributed by atoms with van der Waals surface area (Å²) in [6, 6.07) is 0. The molecule has 3 heteroatoms. The smallest absolute Gasteiger partial charge is 0.0805 e. The highest BCUT2D eigenvalue weighted by molar-refractivity contribution is 5.02. The molecule has 2 aliphatic heterocycles. The Balaban J connectivity index is 2.11. The maximum absolute atomic E-state index is 5.87. The second kappa shape index (κ2) is 3.47. The number of rotatable bonds is 1. The quantitative estimate of drug-likeness (QED) is 0.684. The molecule has 2 saturated heterocycles. The van der Waals surface area contributed by atoms with Gasteiger partial charge >= 0.3 is 0 Å². The van der Waals surface area contributed by atoms with Crippen LogP contribution in [0.5, 0.6) is 0 Å². The van der Waals surface area contributed by atoms with Gasteiger partial charge in [-0.15, -0.1) is 0 Å². The van der Waals surface area contributed by atoms with Gasteiger partial charge in [0.05, 0.1) is 25.9 Å². The summed E-state index contributed by atoms with van der Waals surface area (Å²) in [5.74, 6) is 0. The van der Waals surface area contributed by atoms with Crippen LogP contribution in [0.4, 0.5) is 0 Å². The van der Waals surface area contributed by atoms with Crippen LogP contribution in [0.15, 0.2) is 0 Å². The van der Waals surface area contributed by atoms with Crippen molar-refractivity contribution in [2.75, 3.05) is 32.9 Å². The van der Waals surface area contributed by atoms with Crippen molar-refractivity contribution in [1.29, 1.82) is 0 Å². The highest BCUT2D eigenvalue weighted by Crippen LogP contribution is 2.48. The van der Waals surface area contributed by atoms with Crippen LogP contribution in [0, 0.1) is 10.8 Å². The molecule has 0 radical (unpaired) electrons. The van der Waals surface area contributed by atoms with Gasteiger partial charge in [0.25, 0.3) is 0 Å². The van der Waals surface area contributed by atoms with E-state index in [9.17, 15) is 0 Å². The SMILES string of the molecule is CC(C)(C)C1(C2CNCCO2)COC1. The molecule has 2 rings (SSSR count). The molecule has 0 aromatic heterocycles. The van der Waals surface area contributed by atoms with Crippen molar-refractivity contribution in [3.63, 3.8) is 0 Å². The van der Waals surface area contributed by atoms with Crippen LogP contribution in [0.25, 0.3) is 0 Å². The number of hydrogen-bond acceptors (Lipinski definition) is 3. The molecule has 14 heavy (non-hydrogen) atoms. The summed E-state index contributed by atoms with van der Waals surface area (Å²) in [6.45, 7) is 11.3. The van der Waals surface area contributed by atoms with E-state index in [0.717, 1.165) is 32.9 Å². The maximum atomic E-state index is 5.87. The molecule has 82 valence electrons. The third kappa shape index (κ3) is 1.47. The summed E-state index contributed by atoms with van der Waals surface area (Å²) >= 11 is 0. The molecule has 3 nitrogen and oxygen atoms in total. The normalized spacial score (nSPS) is 32.4. The summed E-state index contributed by atoms with van der Waals surface area (Å²) in [5, 5.41) is 3.40. The van der Waals surface area contributed by atoms with Gasteiger partial charge in [0.1, 0.15) is 0 Å². The fraction of sp³-hybridized carbons (Fsp3) is 1.00. The van der Waals surface area contributed by atoms with Gasteiger partial charge in [-0.25, -0.2) is 0 Å². The van der Waals surface area contributed by atoms with Gasteiger partial charge in [-0.1, -0.05) is 20.8 Å². The first-order valence-corrected chi connectivity index (χ1v) is 5.46. The first kappa shape index (κ1) is 10.4. The van der Waals surface area contributed by atoms with Crippen molar-refractivity contribution >= 4 is 0 Å². The molecule has 0 bridgehead atoms. The number of morpholine rings is 1. The lowest BCUT2D eigenvalue weighted by Crippen LogP contribution is -2.63. The average Bonchev–Trinajstić information content (AvgIpc) is 2.01. The number of ether oxygens (including phenoxy) is 2. The molecule has 2 fully saturated rings. The largest absolute Gasteiger partial charge is 0.380 e. The Kier molecular flexibility index (Phi) is 2.58. The van der Waals surface area contributed by atoms with Crippen molar-refractivity contribution in [3.8, 4) is 0 Å². The van der Waals surface area contributed by atoms with E-state index in [0.29, 0.717) is 6.10 Å². The van der Waals surface area contributed by atoms with Gasteiger partial charge in [-0.2, -0.15) is 0 Å². The van der Waals surface area contributed by atoms with Crippen LogP contribution in [0.3, 0.4) is 0 Å². The van der Waals surface area contributed by atoms with Crippen molar-refractivity contribution in [1.82, 2.24) is 5.32 Å². The minimum absolute atomic E-state index is 0.223. The monoisotopic (exact) mass is 199 g/mol. The van der Waals surface area contributed by atoms with Crippen molar-refractivity contribution in [3.05, 3.63) is 0 Å². The predicted octanol–water partition coefficient (Wildman–Crippen LogP) is 1.04. The van der Waals surface area contributed by atoms with Crippen LogP contribution in [0.2, 0.25) is 0 Å². The zero-order valence-electron chi connectivity index (χ0n) is 9.43. The lowest BCUT2D eigenvalue weighted by molar-refractivity contribution is -0.238. The molecule has 1 unspecified atom stereocenters. The first-order chi connectivity index (χ1) is 6.56. The van der Waals surface area contributed by atoms with E-state index in [1.807, 2.05) is 0 Å². The van der Waals surface area contributed by atoms with Crippen molar-refractivity contribution < 1.29 is 9.47 Å². The van der Waals surface area contributed by atoms with Crippen molar-refractivity contribution in [2.24, 2.45) is 10.8 Å². The van der Waals surface area contributed by atoms with Gasteiger partial charge in [0, 0.05) is 18.5 Å². The molecule has 0 aromatic carbocycles. The standard InChI is InChI=1S/C11H21NO2/c1-10(2,3)11(7-13-8-11)9-6-12-4-5-14-9/h9,12H,4-8H2,1-3H3. The lowest BCUT2D eigenvalue weighted by atomic mass is 9.61. The van der Waals surface area contributed by atoms with Crippen LogP contribution < -0.4 is 5.32 Å². The molecule has 1 atom stereocenters. The fourth-order valence-corrected chi connectivity index (χ4v) is 2.34. The minimum atomic E-state index is 0.223. The van der Waals surface area contributed by atoms with E-state index in [2.05, 4.69) is 26.1 Å². The molecule has 0 aromatic rings. The average molecular weight is 199 g/mol. The Morgan fingerprint density at radius 1 is 1.29 bits per heavy atom. The van der Waals surface area contributed by atoms with Crippen LogP contribution >= 0.6 is 0 Å².